The number of aromatic nitrogens is 1. The van der Waals surface area contributed by atoms with Crippen LogP contribution in [0.1, 0.15) is 55.1 Å². The van der Waals surface area contributed by atoms with E-state index >= 15 is 0 Å². The summed E-state index contributed by atoms with van der Waals surface area (Å²) in [6.45, 7) is 12.8. The van der Waals surface area contributed by atoms with Crippen LogP contribution in [0, 0.1) is 30.1 Å². The van der Waals surface area contributed by atoms with Gasteiger partial charge in [-0.2, -0.15) is 0 Å². The number of aliphatic hydroxyl groups excluding tert-OH is 1. The summed E-state index contributed by atoms with van der Waals surface area (Å²) < 4.78 is 0. The molecule has 1 saturated carbocycles. The maximum atomic E-state index is 12.8. The second kappa shape index (κ2) is 7.08. The van der Waals surface area contributed by atoms with Gasteiger partial charge in [-0.3, -0.25) is 4.79 Å². The zero-order chi connectivity index (χ0) is 19.2. The third-order valence-corrected chi connectivity index (χ3v) is 7.83. The molecule has 5 heteroatoms. The number of hydrogen-bond acceptors (Lipinski definition) is 4. The van der Waals surface area contributed by atoms with Gasteiger partial charge in [0.1, 0.15) is 0 Å². The van der Waals surface area contributed by atoms with Gasteiger partial charge in [0, 0.05) is 30.3 Å². The molecule has 0 bridgehead atoms. The molecular formula is C21H32N2O2S. The Hall–Kier alpha value is -1.20. The number of rotatable bonds is 4. The van der Waals surface area contributed by atoms with E-state index in [-0.39, 0.29) is 35.0 Å². The first-order valence-corrected chi connectivity index (χ1v) is 10.5. The Morgan fingerprint density at radius 3 is 2.92 bits per heavy atom. The van der Waals surface area contributed by atoms with Crippen LogP contribution in [0.2, 0.25) is 0 Å². The van der Waals surface area contributed by atoms with Crippen molar-refractivity contribution in [2.75, 3.05) is 13.6 Å². The molecule has 0 spiro atoms. The molecule has 1 aromatic heterocycles. The summed E-state index contributed by atoms with van der Waals surface area (Å²) in [6.07, 6.45) is 4.25. The van der Waals surface area contributed by atoms with Crippen LogP contribution in [-0.2, 0) is 11.2 Å². The van der Waals surface area contributed by atoms with Gasteiger partial charge in [0.2, 0.25) is 5.91 Å². The molecule has 2 aliphatic carbocycles. The van der Waals surface area contributed by atoms with Crippen LogP contribution in [0.25, 0.3) is 0 Å². The quantitative estimate of drug-likeness (QED) is 0.814. The summed E-state index contributed by atoms with van der Waals surface area (Å²) in [5.41, 5.74) is 1.27. The third kappa shape index (κ3) is 3.13. The summed E-state index contributed by atoms with van der Waals surface area (Å²) in [5, 5.41) is 12.5. The molecule has 2 aliphatic rings. The monoisotopic (exact) mass is 376 g/mol. The molecule has 1 aromatic rings. The molecular weight excluding hydrogens is 344 g/mol. The molecule has 1 N–H and O–H groups in total. The predicted molar refractivity (Wildman–Crippen MR) is 106 cm³/mol. The Balaban J connectivity index is 1.86. The molecule has 0 unspecified atom stereocenters. The Labute approximate surface area is 161 Å². The lowest BCUT2D eigenvalue weighted by Gasteiger charge is -2.53. The zero-order valence-electron chi connectivity index (χ0n) is 16.7. The van der Waals surface area contributed by atoms with Gasteiger partial charge in [-0.05, 0) is 43.4 Å². The molecule has 1 fully saturated rings. The second-order valence-electron chi connectivity index (χ2n) is 8.68. The minimum absolute atomic E-state index is 0.0107. The summed E-state index contributed by atoms with van der Waals surface area (Å²) >= 11 is 1.81. The van der Waals surface area contributed by atoms with Gasteiger partial charge in [-0.1, -0.05) is 26.8 Å². The van der Waals surface area contributed by atoms with Crippen molar-refractivity contribution in [1.29, 1.82) is 0 Å². The number of hydrogen-bond donors (Lipinski definition) is 1. The van der Waals surface area contributed by atoms with Gasteiger partial charge in [0.15, 0.2) is 0 Å². The maximum Gasteiger partial charge on any atom is 0.225 e. The smallest absolute Gasteiger partial charge is 0.225 e. The molecule has 0 saturated heterocycles. The first-order chi connectivity index (χ1) is 12.2. The van der Waals surface area contributed by atoms with Crippen LogP contribution in [0.5, 0.6) is 0 Å². The van der Waals surface area contributed by atoms with E-state index in [1.165, 1.54) is 10.6 Å². The number of likely N-dealkylation sites (N-methyl/N-ethyl adjacent to an activating group) is 1. The Kier molecular flexibility index (Phi) is 5.33. The average molecular weight is 377 g/mol. The molecule has 1 amide bonds. The van der Waals surface area contributed by atoms with Gasteiger partial charge < -0.3 is 10.0 Å². The zero-order valence-corrected chi connectivity index (χ0v) is 17.5. The van der Waals surface area contributed by atoms with Crippen molar-refractivity contribution >= 4 is 17.2 Å². The van der Waals surface area contributed by atoms with Crippen molar-refractivity contribution in [2.45, 2.75) is 59.0 Å². The van der Waals surface area contributed by atoms with Gasteiger partial charge in [0.05, 0.1) is 16.8 Å². The molecule has 1 heterocycles. The van der Waals surface area contributed by atoms with Crippen molar-refractivity contribution in [2.24, 2.45) is 23.2 Å². The maximum absolute atomic E-state index is 12.8. The van der Waals surface area contributed by atoms with E-state index < -0.39 is 6.10 Å². The molecule has 0 radical (unpaired) electrons. The fourth-order valence-electron chi connectivity index (χ4n) is 5.48. The van der Waals surface area contributed by atoms with Gasteiger partial charge in [0.25, 0.3) is 0 Å². The molecule has 0 aromatic carbocycles. The number of carbonyl (C=O) groups is 1. The van der Waals surface area contributed by atoms with Gasteiger partial charge in [-0.15, -0.1) is 17.9 Å². The highest BCUT2D eigenvalue weighted by Gasteiger charge is 2.53. The van der Waals surface area contributed by atoms with Crippen molar-refractivity contribution in [3.05, 3.63) is 28.2 Å². The SMILES string of the molecule is C=CCN(C)C(=O)[C@@H](C)[C@H]1CC[C@]2(C)Cc3sc(C)nc3[C@@H](C)[C@@H]2[C@H]1O. The van der Waals surface area contributed by atoms with Crippen molar-refractivity contribution in [3.63, 3.8) is 0 Å². The molecule has 26 heavy (non-hydrogen) atoms. The fourth-order valence-corrected chi connectivity index (χ4v) is 6.72. The summed E-state index contributed by atoms with van der Waals surface area (Å²) in [5.74, 6) is 0.336. The highest BCUT2D eigenvalue weighted by atomic mass is 32.1. The molecule has 144 valence electrons. The minimum Gasteiger partial charge on any atom is -0.392 e. The van der Waals surface area contributed by atoms with Crippen LogP contribution < -0.4 is 0 Å². The van der Waals surface area contributed by atoms with E-state index in [1.54, 1.807) is 11.0 Å². The van der Waals surface area contributed by atoms with E-state index in [4.69, 9.17) is 4.98 Å². The lowest BCUT2D eigenvalue weighted by atomic mass is 9.53. The fraction of sp³-hybridized carbons (Fsp3) is 0.714. The van der Waals surface area contributed by atoms with E-state index in [1.807, 2.05) is 25.3 Å². The highest BCUT2D eigenvalue weighted by Crippen LogP contribution is 2.57. The van der Waals surface area contributed by atoms with Crippen LogP contribution in [0.15, 0.2) is 12.7 Å². The van der Waals surface area contributed by atoms with Crippen LogP contribution in [-0.4, -0.2) is 40.6 Å². The molecule has 6 atom stereocenters. The lowest BCUT2D eigenvalue weighted by molar-refractivity contribution is -0.143. The van der Waals surface area contributed by atoms with E-state index in [0.717, 1.165) is 24.3 Å². The second-order valence-corrected chi connectivity index (χ2v) is 9.96. The number of carbonyl (C=O) groups excluding carboxylic acids is 1. The van der Waals surface area contributed by atoms with Crippen molar-refractivity contribution < 1.29 is 9.90 Å². The van der Waals surface area contributed by atoms with Crippen molar-refractivity contribution in [1.82, 2.24) is 9.88 Å². The van der Waals surface area contributed by atoms with Crippen LogP contribution >= 0.6 is 11.3 Å². The third-order valence-electron chi connectivity index (χ3n) is 6.84. The first kappa shape index (κ1) is 19.6. The summed E-state index contributed by atoms with van der Waals surface area (Å²) in [4.78, 5) is 20.6. The number of thiazole rings is 1. The average Bonchev–Trinajstić information content (AvgIpc) is 2.93. The molecule has 0 aliphatic heterocycles. The summed E-state index contributed by atoms with van der Waals surface area (Å²) in [7, 11) is 1.81. The topological polar surface area (TPSA) is 53.4 Å². The number of fused-ring (bicyclic) bond motifs is 2. The van der Waals surface area contributed by atoms with Crippen molar-refractivity contribution in [3.8, 4) is 0 Å². The van der Waals surface area contributed by atoms with E-state index in [9.17, 15) is 9.90 Å². The van der Waals surface area contributed by atoms with Gasteiger partial charge in [-0.25, -0.2) is 4.98 Å². The Bertz CT molecular complexity index is 700. The molecule has 3 rings (SSSR count). The number of aryl methyl sites for hydroxylation is 1. The molecule has 4 nitrogen and oxygen atoms in total. The predicted octanol–water partition coefficient (Wildman–Crippen LogP) is 3.79. The summed E-state index contributed by atoms with van der Waals surface area (Å²) in [6, 6.07) is 0. The number of aliphatic hydroxyl groups is 1. The number of amides is 1. The van der Waals surface area contributed by atoms with Crippen LogP contribution in [0.4, 0.5) is 0 Å². The number of nitrogens with zero attached hydrogens (tertiary/aromatic N) is 2. The Morgan fingerprint density at radius 2 is 2.27 bits per heavy atom. The minimum atomic E-state index is -0.463. The van der Waals surface area contributed by atoms with E-state index in [0.29, 0.717) is 6.54 Å². The highest BCUT2D eigenvalue weighted by molar-refractivity contribution is 7.11. The van der Waals surface area contributed by atoms with Crippen LogP contribution in [0.3, 0.4) is 0 Å². The normalized spacial score (nSPS) is 34.5. The Morgan fingerprint density at radius 1 is 1.58 bits per heavy atom. The van der Waals surface area contributed by atoms with Gasteiger partial charge >= 0.3 is 0 Å². The standard InChI is InChI=1S/C21H32N2O2S/c1-7-10-23(6)20(25)12(2)15-8-9-21(5)11-16-18(22-14(4)26-16)13(3)17(21)19(15)24/h7,12-13,15,17,19,24H,1,8-11H2,2-6H3/t12-,13-,15+,17+,19-,21+/m0/s1. The first-order valence-electron chi connectivity index (χ1n) is 9.69. The van der Waals surface area contributed by atoms with E-state index in [2.05, 4.69) is 27.4 Å². The lowest BCUT2D eigenvalue weighted by Crippen LogP contribution is -2.53. The largest absolute Gasteiger partial charge is 0.392 e.